The molecule has 2 atom stereocenters. The summed E-state index contributed by atoms with van der Waals surface area (Å²) in [5.41, 5.74) is 2.88. The molecule has 4 aromatic rings. The van der Waals surface area contributed by atoms with Crippen molar-refractivity contribution in [2.45, 2.75) is 45.8 Å². The number of hydrogen-bond donors (Lipinski definition) is 0. The standard InChI is InChI=1S/C32H36ClN3O3/c1-32(2,22-33)29(31(37)38-21-11-5-8-14-25-12-6-3-7-13-25)30(36-24-34-23-35-36)39-28-19-17-27(18-20-28)26-15-9-4-10-16-26/h3-4,6-7,9-10,12-13,15-20,23-24,29-30H,5,8,11,14,21-22H2,1-2H3. The molecule has 0 bridgehead atoms. The highest BCUT2D eigenvalue weighted by atomic mass is 35.5. The minimum atomic E-state index is -0.783. The van der Waals surface area contributed by atoms with Gasteiger partial charge in [0.25, 0.3) is 0 Å². The van der Waals surface area contributed by atoms with E-state index in [0.717, 1.165) is 36.8 Å². The fourth-order valence-corrected chi connectivity index (χ4v) is 4.71. The van der Waals surface area contributed by atoms with Gasteiger partial charge in [-0.1, -0.05) is 86.6 Å². The highest BCUT2D eigenvalue weighted by Gasteiger charge is 2.45. The molecule has 204 valence electrons. The zero-order valence-electron chi connectivity index (χ0n) is 22.6. The van der Waals surface area contributed by atoms with Gasteiger partial charge in [0.2, 0.25) is 6.23 Å². The van der Waals surface area contributed by atoms with E-state index in [4.69, 9.17) is 21.1 Å². The van der Waals surface area contributed by atoms with Gasteiger partial charge >= 0.3 is 5.97 Å². The molecule has 0 radical (unpaired) electrons. The first-order valence-electron chi connectivity index (χ1n) is 13.4. The maximum atomic E-state index is 13.5. The second kappa shape index (κ2) is 13.9. The van der Waals surface area contributed by atoms with E-state index in [9.17, 15) is 4.79 Å². The Bertz CT molecular complexity index is 1260. The van der Waals surface area contributed by atoms with E-state index in [1.165, 1.54) is 11.9 Å². The SMILES string of the molecule is CC(C)(CCl)C(C(=O)OCCCCCc1ccccc1)C(Oc1ccc(-c2ccccc2)cc1)n1cncn1. The van der Waals surface area contributed by atoms with Crippen LogP contribution in [0.1, 0.15) is 44.9 Å². The second-order valence-electron chi connectivity index (χ2n) is 10.3. The van der Waals surface area contributed by atoms with E-state index < -0.39 is 17.6 Å². The van der Waals surface area contributed by atoms with Crippen LogP contribution in [-0.2, 0) is 16.0 Å². The predicted molar refractivity (Wildman–Crippen MR) is 155 cm³/mol. The topological polar surface area (TPSA) is 66.2 Å². The fourth-order valence-electron chi connectivity index (χ4n) is 4.54. The molecule has 6 nitrogen and oxygen atoms in total. The van der Waals surface area contributed by atoms with Crippen molar-refractivity contribution in [3.8, 4) is 16.9 Å². The maximum Gasteiger partial charge on any atom is 0.315 e. The largest absolute Gasteiger partial charge is 0.468 e. The summed E-state index contributed by atoms with van der Waals surface area (Å²) >= 11 is 6.38. The minimum Gasteiger partial charge on any atom is -0.468 e. The number of esters is 1. The quantitative estimate of drug-likeness (QED) is 0.0940. The normalized spacial score (nSPS) is 13.0. The molecule has 4 rings (SSSR count). The average Bonchev–Trinajstić information content (AvgIpc) is 3.51. The molecule has 1 heterocycles. The number of rotatable bonds is 14. The van der Waals surface area contributed by atoms with Gasteiger partial charge < -0.3 is 9.47 Å². The van der Waals surface area contributed by atoms with E-state index >= 15 is 0 Å². The van der Waals surface area contributed by atoms with E-state index in [2.05, 4.69) is 46.5 Å². The highest BCUT2D eigenvalue weighted by Crippen LogP contribution is 2.39. The predicted octanol–water partition coefficient (Wildman–Crippen LogP) is 7.36. The summed E-state index contributed by atoms with van der Waals surface area (Å²) in [6, 6.07) is 28.3. The van der Waals surface area contributed by atoms with Crippen LogP contribution in [0.2, 0.25) is 0 Å². The number of aryl methyl sites for hydroxylation is 1. The number of nitrogens with zero attached hydrogens (tertiary/aromatic N) is 3. The van der Waals surface area contributed by atoms with Gasteiger partial charge in [-0.3, -0.25) is 4.79 Å². The number of benzene rings is 3. The van der Waals surface area contributed by atoms with Crippen molar-refractivity contribution in [2.75, 3.05) is 12.5 Å². The number of hydrogen-bond acceptors (Lipinski definition) is 5. The third-order valence-electron chi connectivity index (χ3n) is 6.84. The Balaban J connectivity index is 1.44. The molecule has 0 amide bonds. The van der Waals surface area contributed by atoms with Crippen molar-refractivity contribution < 1.29 is 14.3 Å². The molecule has 7 heteroatoms. The third-order valence-corrected chi connectivity index (χ3v) is 7.53. The second-order valence-corrected chi connectivity index (χ2v) is 10.6. The molecular formula is C32H36ClN3O3. The lowest BCUT2D eigenvalue weighted by Crippen LogP contribution is -2.43. The van der Waals surface area contributed by atoms with Crippen LogP contribution in [0.15, 0.2) is 97.6 Å². The summed E-state index contributed by atoms with van der Waals surface area (Å²) in [5, 5.41) is 4.31. The summed E-state index contributed by atoms with van der Waals surface area (Å²) in [5.74, 6) is -0.218. The monoisotopic (exact) mass is 545 g/mol. The lowest BCUT2D eigenvalue weighted by molar-refractivity contribution is -0.161. The molecule has 0 fully saturated rings. The Morgan fingerprint density at radius 3 is 2.21 bits per heavy atom. The Labute approximate surface area is 236 Å². The van der Waals surface area contributed by atoms with Gasteiger partial charge in [-0.2, -0.15) is 5.10 Å². The van der Waals surface area contributed by atoms with Crippen LogP contribution in [-0.4, -0.2) is 33.2 Å². The molecular weight excluding hydrogens is 510 g/mol. The number of ether oxygens (including phenoxy) is 2. The van der Waals surface area contributed by atoms with Crippen LogP contribution in [0.4, 0.5) is 0 Å². The number of carbonyl (C=O) groups excluding carboxylic acids is 1. The number of unbranched alkanes of at least 4 members (excludes halogenated alkanes) is 2. The van der Waals surface area contributed by atoms with Crippen molar-refractivity contribution in [1.82, 2.24) is 14.8 Å². The molecule has 0 spiro atoms. The van der Waals surface area contributed by atoms with Crippen LogP contribution in [0, 0.1) is 11.3 Å². The van der Waals surface area contributed by atoms with Crippen molar-refractivity contribution in [3.05, 3.63) is 103 Å². The highest BCUT2D eigenvalue weighted by molar-refractivity contribution is 6.18. The van der Waals surface area contributed by atoms with E-state index in [0.29, 0.717) is 12.4 Å². The van der Waals surface area contributed by atoms with Crippen molar-refractivity contribution in [1.29, 1.82) is 0 Å². The Kier molecular flexibility index (Phi) is 10.1. The van der Waals surface area contributed by atoms with Gasteiger partial charge in [0, 0.05) is 5.88 Å². The summed E-state index contributed by atoms with van der Waals surface area (Å²) in [6.45, 7) is 4.23. The zero-order chi connectivity index (χ0) is 27.5. The molecule has 0 aliphatic heterocycles. The molecule has 0 N–H and O–H groups in total. The number of halogens is 1. The molecule has 0 aliphatic carbocycles. The lowest BCUT2D eigenvalue weighted by Gasteiger charge is -2.36. The van der Waals surface area contributed by atoms with Crippen LogP contribution in [0.3, 0.4) is 0 Å². The first-order chi connectivity index (χ1) is 19.0. The van der Waals surface area contributed by atoms with Crippen molar-refractivity contribution in [2.24, 2.45) is 11.3 Å². The molecule has 39 heavy (non-hydrogen) atoms. The Morgan fingerprint density at radius 1 is 0.897 bits per heavy atom. The molecule has 1 aromatic heterocycles. The van der Waals surface area contributed by atoms with Gasteiger partial charge in [0.05, 0.1) is 6.61 Å². The molecule has 2 unspecified atom stereocenters. The Morgan fingerprint density at radius 2 is 1.56 bits per heavy atom. The van der Waals surface area contributed by atoms with Crippen LogP contribution in [0.25, 0.3) is 11.1 Å². The van der Waals surface area contributed by atoms with Crippen LogP contribution < -0.4 is 4.74 Å². The Hall–Kier alpha value is -3.64. The summed E-state index contributed by atoms with van der Waals surface area (Å²) in [6.07, 6.45) is 6.03. The van der Waals surface area contributed by atoms with Crippen LogP contribution in [0.5, 0.6) is 5.75 Å². The number of aromatic nitrogens is 3. The van der Waals surface area contributed by atoms with Gasteiger partial charge in [0.15, 0.2) is 0 Å². The maximum absolute atomic E-state index is 13.5. The first-order valence-corrected chi connectivity index (χ1v) is 13.9. The van der Waals surface area contributed by atoms with Crippen molar-refractivity contribution in [3.63, 3.8) is 0 Å². The first kappa shape index (κ1) is 28.4. The summed E-state index contributed by atoms with van der Waals surface area (Å²) in [7, 11) is 0. The molecule has 0 aliphatic rings. The average molecular weight is 546 g/mol. The van der Waals surface area contributed by atoms with Gasteiger partial charge in [-0.25, -0.2) is 9.67 Å². The number of carbonyl (C=O) groups is 1. The molecule has 0 saturated heterocycles. The van der Waals surface area contributed by atoms with E-state index in [1.54, 1.807) is 11.0 Å². The summed E-state index contributed by atoms with van der Waals surface area (Å²) in [4.78, 5) is 17.6. The van der Waals surface area contributed by atoms with Crippen molar-refractivity contribution >= 4 is 17.6 Å². The van der Waals surface area contributed by atoms with Crippen LogP contribution >= 0.6 is 11.6 Å². The fraction of sp³-hybridized carbons (Fsp3) is 0.344. The van der Waals surface area contributed by atoms with Gasteiger partial charge in [-0.15, -0.1) is 11.6 Å². The summed E-state index contributed by atoms with van der Waals surface area (Å²) < 4.78 is 13.8. The number of alkyl halides is 1. The van der Waals surface area contributed by atoms with E-state index in [1.807, 2.05) is 62.4 Å². The third kappa shape index (κ3) is 7.93. The van der Waals surface area contributed by atoms with E-state index in [-0.39, 0.29) is 11.8 Å². The lowest BCUT2D eigenvalue weighted by atomic mass is 9.79. The zero-order valence-corrected chi connectivity index (χ0v) is 23.3. The van der Waals surface area contributed by atoms with Gasteiger partial charge in [-0.05, 0) is 59.9 Å². The minimum absolute atomic E-state index is 0.241. The molecule has 3 aromatic carbocycles. The smallest absolute Gasteiger partial charge is 0.315 e. The van der Waals surface area contributed by atoms with Gasteiger partial charge in [0.1, 0.15) is 24.3 Å². The molecule has 0 saturated carbocycles.